The Kier molecular flexibility index (Phi) is 12.1. The lowest BCUT2D eigenvalue weighted by atomic mass is 10.1. The van der Waals surface area contributed by atoms with Crippen molar-refractivity contribution in [3.05, 3.63) is 29.8 Å². The molecule has 1 aliphatic heterocycles. The minimum atomic E-state index is 0. The summed E-state index contributed by atoms with van der Waals surface area (Å²) in [7, 11) is 1.90. The van der Waals surface area contributed by atoms with Gasteiger partial charge in [0.2, 0.25) is 5.91 Å². The smallest absolute Gasteiger partial charge is 0.224 e. The fourth-order valence-electron chi connectivity index (χ4n) is 2.70. The van der Waals surface area contributed by atoms with Gasteiger partial charge < -0.3 is 15.5 Å². The minimum Gasteiger partial charge on any atom is -0.326 e. The van der Waals surface area contributed by atoms with E-state index < -0.39 is 0 Å². The lowest BCUT2D eigenvalue weighted by molar-refractivity contribution is -0.116. The SMILES string of the molecule is CNCCCC(=O)Nc1ccc(CCN2CCCC2)cc1.Cl.Cl. The Hall–Kier alpha value is -0.810. The molecule has 0 atom stereocenters. The molecule has 2 N–H and O–H groups in total. The molecule has 132 valence electrons. The van der Waals surface area contributed by atoms with Gasteiger partial charge in [-0.05, 0) is 70.1 Å². The maximum atomic E-state index is 11.7. The number of nitrogens with zero attached hydrogens (tertiary/aromatic N) is 1. The summed E-state index contributed by atoms with van der Waals surface area (Å²) in [5.74, 6) is 0.0927. The van der Waals surface area contributed by atoms with Crippen molar-refractivity contribution in [2.45, 2.75) is 32.1 Å². The molecule has 1 amide bonds. The van der Waals surface area contributed by atoms with Crippen molar-refractivity contribution in [2.24, 2.45) is 0 Å². The third-order valence-electron chi connectivity index (χ3n) is 3.98. The van der Waals surface area contributed by atoms with Crippen LogP contribution in [-0.2, 0) is 11.2 Å². The third kappa shape index (κ3) is 8.56. The van der Waals surface area contributed by atoms with Gasteiger partial charge in [0.25, 0.3) is 0 Å². The average molecular weight is 362 g/mol. The summed E-state index contributed by atoms with van der Waals surface area (Å²) in [5.41, 5.74) is 2.24. The normalized spacial score (nSPS) is 14.0. The standard InChI is InChI=1S/C17H27N3O.2ClH/c1-18-11-4-5-17(21)19-16-8-6-15(7-9-16)10-14-20-12-2-3-13-20;;/h6-9,18H,2-5,10-14H2,1H3,(H,19,21);2*1H. The van der Waals surface area contributed by atoms with Gasteiger partial charge in [0.05, 0.1) is 0 Å². The number of hydrogen-bond acceptors (Lipinski definition) is 3. The molecule has 6 heteroatoms. The van der Waals surface area contributed by atoms with E-state index in [4.69, 9.17) is 0 Å². The van der Waals surface area contributed by atoms with Crippen molar-refractivity contribution in [1.82, 2.24) is 10.2 Å². The first-order chi connectivity index (χ1) is 10.3. The second kappa shape index (κ2) is 12.6. The fraction of sp³-hybridized carbons (Fsp3) is 0.588. The van der Waals surface area contributed by atoms with Gasteiger partial charge in [-0.25, -0.2) is 0 Å². The van der Waals surface area contributed by atoms with Crippen LogP contribution in [-0.4, -0.2) is 44.0 Å². The molecule has 1 heterocycles. The van der Waals surface area contributed by atoms with Crippen LogP contribution in [0.2, 0.25) is 0 Å². The highest BCUT2D eigenvalue weighted by Crippen LogP contribution is 2.13. The lowest BCUT2D eigenvalue weighted by Gasteiger charge is -2.14. The maximum absolute atomic E-state index is 11.7. The Labute approximate surface area is 152 Å². The Morgan fingerprint density at radius 3 is 2.39 bits per heavy atom. The summed E-state index contributed by atoms with van der Waals surface area (Å²) >= 11 is 0. The minimum absolute atomic E-state index is 0. The average Bonchev–Trinajstić information content (AvgIpc) is 3.00. The second-order valence-electron chi connectivity index (χ2n) is 5.75. The highest BCUT2D eigenvalue weighted by molar-refractivity contribution is 5.90. The largest absolute Gasteiger partial charge is 0.326 e. The molecule has 0 unspecified atom stereocenters. The Balaban J connectivity index is 0.00000242. The molecule has 1 aromatic carbocycles. The number of benzene rings is 1. The predicted molar refractivity (Wildman–Crippen MR) is 102 cm³/mol. The van der Waals surface area contributed by atoms with Crippen LogP contribution in [0.25, 0.3) is 0 Å². The molecular weight excluding hydrogens is 333 g/mol. The fourth-order valence-corrected chi connectivity index (χ4v) is 2.70. The summed E-state index contributed by atoms with van der Waals surface area (Å²) in [4.78, 5) is 14.3. The van der Waals surface area contributed by atoms with Crippen LogP contribution in [0, 0.1) is 0 Å². The highest BCUT2D eigenvalue weighted by Gasteiger charge is 2.10. The number of carbonyl (C=O) groups excluding carboxylic acids is 1. The Morgan fingerprint density at radius 2 is 1.78 bits per heavy atom. The van der Waals surface area contributed by atoms with Crippen LogP contribution in [0.5, 0.6) is 0 Å². The van der Waals surface area contributed by atoms with E-state index in [0.717, 1.165) is 31.6 Å². The van der Waals surface area contributed by atoms with Gasteiger partial charge in [-0.15, -0.1) is 24.8 Å². The van der Waals surface area contributed by atoms with E-state index in [2.05, 4.69) is 27.7 Å². The number of amides is 1. The number of rotatable bonds is 8. The van der Waals surface area contributed by atoms with Gasteiger partial charge in [-0.2, -0.15) is 0 Å². The van der Waals surface area contributed by atoms with E-state index >= 15 is 0 Å². The van der Waals surface area contributed by atoms with Crippen molar-refractivity contribution in [1.29, 1.82) is 0 Å². The number of anilines is 1. The second-order valence-corrected chi connectivity index (χ2v) is 5.75. The molecule has 1 aliphatic rings. The number of likely N-dealkylation sites (tertiary alicyclic amines) is 1. The number of nitrogens with one attached hydrogen (secondary N) is 2. The molecule has 0 bridgehead atoms. The molecule has 0 spiro atoms. The molecule has 0 aliphatic carbocycles. The maximum Gasteiger partial charge on any atom is 0.224 e. The predicted octanol–water partition coefficient (Wildman–Crippen LogP) is 3.11. The summed E-state index contributed by atoms with van der Waals surface area (Å²) in [6, 6.07) is 8.27. The van der Waals surface area contributed by atoms with Crippen molar-refractivity contribution in [3.63, 3.8) is 0 Å². The first-order valence-corrected chi connectivity index (χ1v) is 8.03. The molecular formula is C17H29Cl2N3O. The molecule has 1 saturated heterocycles. The zero-order chi connectivity index (χ0) is 14.9. The van der Waals surface area contributed by atoms with Gasteiger partial charge in [0.1, 0.15) is 0 Å². The van der Waals surface area contributed by atoms with Crippen LogP contribution in [0.3, 0.4) is 0 Å². The summed E-state index contributed by atoms with van der Waals surface area (Å²) in [5, 5.41) is 6.00. The molecule has 0 saturated carbocycles. The van der Waals surface area contributed by atoms with Gasteiger partial charge in [-0.3, -0.25) is 4.79 Å². The van der Waals surface area contributed by atoms with Crippen LogP contribution < -0.4 is 10.6 Å². The summed E-state index contributed by atoms with van der Waals surface area (Å²) in [6.45, 7) is 4.53. The highest BCUT2D eigenvalue weighted by atomic mass is 35.5. The van der Waals surface area contributed by atoms with Crippen LogP contribution in [0.4, 0.5) is 5.69 Å². The van der Waals surface area contributed by atoms with Gasteiger partial charge in [-0.1, -0.05) is 12.1 Å². The van der Waals surface area contributed by atoms with E-state index in [1.54, 1.807) is 0 Å². The van der Waals surface area contributed by atoms with Gasteiger partial charge >= 0.3 is 0 Å². The molecule has 1 fully saturated rings. The van der Waals surface area contributed by atoms with Crippen molar-refractivity contribution >= 4 is 36.4 Å². The van der Waals surface area contributed by atoms with E-state index in [1.807, 2.05) is 19.2 Å². The lowest BCUT2D eigenvalue weighted by Crippen LogP contribution is -2.21. The molecule has 1 aromatic rings. The number of hydrogen-bond donors (Lipinski definition) is 2. The van der Waals surface area contributed by atoms with Crippen molar-refractivity contribution in [3.8, 4) is 0 Å². The molecule has 0 aromatic heterocycles. The Morgan fingerprint density at radius 1 is 1.13 bits per heavy atom. The monoisotopic (exact) mass is 361 g/mol. The van der Waals surface area contributed by atoms with E-state index in [0.29, 0.717) is 6.42 Å². The van der Waals surface area contributed by atoms with Crippen LogP contribution in [0.15, 0.2) is 24.3 Å². The van der Waals surface area contributed by atoms with E-state index in [-0.39, 0.29) is 30.7 Å². The first kappa shape index (κ1) is 22.2. The molecule has 0 radical (unpaired) electrons. The van der Waals surface area contributed by atoms with E-state index in [1.165, 1.54) is 31.5 Å². The van der Waals surface area contributed by atoms with Crippen molar-refractivity contribution < 1.29 is 4.79 Å². The zero-order valence-electron chi connectivity index (χ0n) is 13.8. The van der Waals surface area contributed by atoms with Crippen molar-refractivity contribution in [2.75, 3.05) is 38.5 Å². The number of halogens is 2. The van der Waals surface area contributed by atoms with Crippen LogP contribution >= 0.6 is 24.8 Å². The summed E-state index contributed by atoms with van der Waals surface area (Å²) in [6.07, 6.45) is 5.22. The molecule has 4 nitrogen and oxygen atoms in total. The van der Waals surface area contributed by atoms with Crippen LogP contribution in [0.1, 0.15) is 31.2 Å². The summed E-state index contributed by atoms with van der Waals surface area (Å²) < 4.78 is 0. The first-order valence-electron chi connectivity index (χ1n) is 8.03. The topological polar surface area (TPSA) is 44.4 Å². The quantitative estimate of drug-likeness (QED) is 0.699. The zero-order valence-corrected chi connectivity index (χ0v) is 15.5. The van der Waals surface area contributed by atoms with Gasteiger partial charge in [0, 0.05) is 18.7 Å². The Bertz CT molecular complexity index is 434. The third-order valence-corrected chi connectivity index (χ3v) is 3.98. The molecule has 2 rings (SSSR count). The van der Waals surface area contributed by atoms with E-state index in [9.17, 15) is 4.79 Å². The molecule has 23 heavy (non-hydrogen) atoms. The number of carbonyl (C=O) groups is 1. The van der Waals surface area contributed by atoms with Gasteiger partial charge in [0.15, 0.2) is 0 Å².